The van der Waals surface area contributed by atoms with E-state index in [1.807, 2.05) is 16.7 Å². The van der Waals surface area contributed by atoms with Crippen molar-refractivity contribution in [3.63, 3.8) is 0 Å². The van der Waals surface area contributed by atoms with Gasteiger partial charge in [0.05, 0.1) is 17.7 Å². The second-order valence-corrected chi connectivity index (χ2v) is 8.56. The molecule has 2 aromatic rings. The molecule has 0 bridgehead atoms. The first-order chi connectivity index (χ1) is 15.0. The number of piperidine rings is 2. The summed E-state index contributed by atoms with van der Waals surface area (Å²) in [6.45, 7) is 4.74. The fourth-order valence-corrected chi connectivity index (χ4v) is 4.46. The summed E-state index contributed by atoms with van der Waals surface area (Å²) in [5.74, 6) is 0.508. The van der Waals surface area contributed by atoms with Crippen LogP contribution in [0.5, 0.6) is 0 Å². The third-order valence-corrected chi connectivity index (χ3v) is 6.28. The maximum Gasteiger partial charge on any atom is 0.257 e. The largest absolute Gasteiger partial charge is 0.342 e. The molecule has 2 saturated heterocycles. The third kappa shape index (κ3) is 5.09. The molecule has 0 aliphatic carbocycles. The summed E-state index contributed by atoms with van der Waals surface area (Å²) in [5.41, 5.74) is 2.09. The molecular formula is C24H29FN4O2. The van der Waals surface area contributed by atoms with Gasteiger partial charge in [0.25, 0.3) is 5.91 Å². The fourth-order valence-electron chi connectivity index (χ4n) is 4.46. The minimum absolute atomic E-state index is 0.0171. The summed E-state index contributed by atoms with van der Waals surface area (Å²) in [6, 6.07) is 6.06. The van der Waals surface area contributed by atoms with Crippen LogP contribution in [0.2, 0.25) is 0 Å². The Kier molecular flexibility index (Phi) is 6.59. The minimum atomic E-state index is -0.302. The highest BCUT2D eigenvalue weighted by molar-refractivity contribution is 5.95. The zero-order chi connectivity index (χ0) is 21.8. The third-order valence-electron chi connectivity index (χ3n) is 6.28. The van der Waals surface area contributed by atoms with Gasteiger partial charge in [-0.05, 0) is 56.7 Å². The lowest BCUT2D eigenvalue weighted by Gasteiger charge is -2.32. The van der Waals surface area contributed by atoms with E-state index in [1.165, 1.54) is 18.6 Å². The van der Waals surface area contributed by atoms with Crippen molar-refractivity contribution < 1.29 is 14.0 Å². The molecule has 0 radical (unpaired) electrons. The molecule has 1 atom stereocenters. The molecule has 2 amide bonds. The van der Waals surface area contributed by atoms with Crippen LogP contribution < -0.4 is 0 Å². The predicted octanol–water partition coefficient (Wildman–Crippen LogP) is 3.50. The van der Waals surface area contributed by atoms with Crippen molar-refractivity contribution >= 4 is 11.8 Å². The molecular weight excluding hydrogens is 395 g/mol. The van der Waals surface area contributed by atoms with Gasteiger partial charge in [0, 0.05) is 38.3 Å². The SMILES string of the molecule is Cc1nc(C2CCCN(C(=O)Cc3ccc(F)cc3)C2)ncc1C(=O)N1CCCCC1. The molecule has 0 N–H and O–H groups in total. The molecule has 2 fully saturated rings. The lowest BCUT2D eigenvalue weighted by atomic mass is 9.96. The highest BCUT2D eigenvalue weighted by Crippen LogP contribution is 2.26. The molecule has 0 spiro atoms. The molecule has 7 heteroatoms. The van der Waals surface area contributed by atoms with Crippen LogP contribution in [-0.4, -0.2) is 57.8 Å². The van der Waals surface area contributed by atoms with Crippen LogP contribution in [0.3, 0.4) is 0 Å². The second kappa shape index (κ2) is 9.54. The zero-order valence-electron chi connectivity index (χ0n) is 18.0. The quantitative estimate of drug-likeness (QED) is 0.754. The van der Waals surface area contributed by atoms with Crippen molar-refractivity contribution in [3.05, 3.63) is 58.9 Å². The first kappa shape index (κ1) is 21.4. The number of carbonyl (C=O) groups excluding carboxylic acids is 2. The van der Waals surface area contributed by atoms with Crippen LogP contribution in [0.15, 0.2) is 30.5 Å². The Morgan fingerprint density at radius 2 is 1.74 bits per heavy atom. The average molecular weight is 425 g/mol. The maximum absolute atomic E-state index is 13.1. The molecule has 1 unspecified atom stereocenters. The second-order valence-electron chi connectivity index (χ2n) is 8.56. The number of nitrogens with zero attached hydrogens (tertiary/aromatic N) is 4. The average Bonchev–Trinajstić information content (AvgIpc) is 2.80. The molecule has 31 heavy (non-hydrogen) atoms. The number of rotatable bonds is 4. The number of hydrogen-bond donors (Lipinski definition) is 0. The Hall–Kier alpha value is -2.83. The molecule has 1 aromatic carbocycles. The van der Waals surface area contributed by atoms with Gasteiger partial charge in [-0.2, -0.15) is 0 Å². The molecule has 6 nitrogen and oxygen atoms in total. The maximum atomic E-state index is 13.1. The van der Waals surface area contributed by atoms with Crippen molar-refractivity contribution in [3.8, 4) is 0 Å². The minimum Gasteiger partial charge on any atom is -0.342 e. The van der Waals surface area contributed by atoms with Gasteiger partial charge >= 0.3 is 0 Å². The first-order valence-corrected chi connectivity index (χ1v) is 11.2. The normalized spacial score (nSPS) is 19.4. The number of aromatic nitrogens is 2. The van der Waals surface area contributed by atoms with Gasteiger partial charge in [-0.3, -0.25) is 9.59 Å². The Morgan fingerprint density at radius 1 is 1.03 bits per heavy atom. The van der Waals surface area contributed by atoms with Gasteiger partial charge in [-0.15, -0.1) is 0 Å². The number of hydrogen-bond acceptors (Lipinski definition) is 4. The van der Waals surface area contributed by atoms with Gasteiger partial charge in [0.1, 0.15) is 11.6 Å². The van der Waals surface area contributed by atoms with Gasteiger partial charge in [0.15, 0.2) is 0 Å². The van der Waals surface area contributed by atoms with Gasteiger partial charge in [0.2, 0.25) is 5.91 Å². The lowest BCUT2D eigenvalue weighted by molar-refractivity contribution is -0.131. The monoisotopic (exact) mass is 424 g/mol. The van der Waals surface area contributed by atoms with E-state index in [1.54, 1.807) is 18.3 Å². The molecule has 0 saturated carbocycles. The summed E-state index contributed by atoms with van der Waals surface area (Å²) >= 11 is 0. The van der Waals surface area contributed by atoms with Crippen LogP contribution in [0.25, 0.3) is 0 Å². The van der Waals surface area contributed by atoms with E-state index in [-0.39, 0.29) is 30.0 Å². The van der Waals surface area contributed by atoms with E-state index in [4.69, 9.17) is 0 Å². The lowest BCUT2D eigenvalue weighted by Crippen LogP contribution is -2.40. The van der Waals surface area contributed by atoms with Crippen molar-refractivity contribution in [1.82, 2.24) is 19.8 Å². The van der Waals surface area contributed by atoms with E-state index in [0.29, 0.717) is 30.2 Å². The Labute approximate surface area is 182 Å². The summed E-state index contributed by atoms with van der Waals surface area (Å²) in [6.07, 6.45) is 7.00. The Morgan fingerprint density at radius 3 is 2.45 bits per heavy atom. The number of benzene rings is 1. The Balaban J connectivity index is 1.41. The van der Waals surface area contributed by atoms with E-state index in [9.17, 15) is 14.0 Å². The summed E-state index contributed by atoms with van der Waals surface area (Å²) < 4.78 is 13.1. The number of aryl methyl sites for hydroxylation is 1. The van der Waals surface area contributed by atoms with Crippen molar-refractivity contribution in [1.29, 1.82) is 0 Å². The standard InChI is InChI=1S/C24H29FN4O2/c1-17-21(24(31)28-11-3-2-4-12-28)15-26-23(27-17)19-6-5-13-29(16-19)22(30)14-18-7-9-20(25)10-8-18/h7-10,15,19H,2-6,11-14,16H2,1H3. The van der Waals surface area contributed by atoms with Crippen LogP contribution in [0.1, 0.15) is 65.5 Å². The summed E-state index contributed by atoms with van der Waals surface area (Å²) in [5, 5.41) is 0. The van der Waals surface area contributed by atoms with E-state index in [0.717, 1.165) is 44.3 Å². The molecule has 2 aliphatic heterocycles. The van der Waals surface area contributed by atoms with E-state index < -0.39 is 0 Å². The van der Waals surface area contributed by atoms with Crippen LogP contribution in [0, 0.1) is 12.7 Å². The van der Waals surface area contributed by atoms with E-state index >= 15 is 0 Å². The number of likely N-dealkylation sites (tertiary alicyclic amines) is 2. The van der Waals surface area contributed by atoms with Crippen LogP contribution in [-0.2, 0) is 11.2 Å². The van der Waals surface area contributed by atoms with Crippen molar-refractivity contribution in [2.24, 2.45) is 0 Å². The number of carbonyl (C=O) groups is 2. The summed E-state index contributed by atoms with van der Waals surface area (Å²) in [7, 11) is 0. The van der Waals surface area contributed by atoms with Crippen LogP contribution >= 0.6 is 0 Å². The highest BCUT2D eigenvalue weighted by Gasteiger charge is 2.28. The number of halogens is 1. The fraction of sp³-hybridized carbons (Fsp3) is 0.500. The zero-order valence-corrected chi connectivity index (χ0v) is 18.0. The Bertz CT molecular complexity index is 941. The molecule has 164 valence electrons. The molecule has 1 aromatic heterocycles. The van der Waals surface area contributed by atoms with Gasteiger partial charge in [-0.25, -0.2) is 14.4 Å². The van der Waals surface area contributed by atoms with E-state index in [2.05, 4.69) is 9.97 Å². The first-order valence-electron chi connectivity index (χ1n) is 11.2. The predicted molar refractivity (Wildman–Crippen MR) is 115 cm³/mol. The molecule has 3 heterocycles. The topological polar surface area (TPSA) is 66.4 Å². The van der Waals surface area contributed by atoms with Gasteiger partial charge in [-0.1, -0.05) is 12.1 Å². The van der Waals surface area contributed by atoms with Crippen LogP contribution in [0.4, 0.5) is 4.39 Å². The number of amides is 2. The highest BCUT2D eigenvalue weighted by atomic mass is 19.1. The van der Waals surface area contributed by atoms with Crippen molar-refractivity contribution in [2.75, 3.05) is 26.2 Å². The smallest absolute Gasteiger partial charge is 0.257 e. The summed E-state index contributed by atoms with van der Waals surface area (Å²) in [4.78, 5) is 38.5. The molecule has 2 aliphatic rings. The van der Waals surface area contributed by atoms with Crippen molar-refractivity contribution in [2.45, 2.75) is 51.4 Å². The van der Waals surface area contributed by atoms with Gasteiger partial charge < -0.3 is 9.80 Å². The molecule has 4 rings (SSSR count).